The fraction of sp³-hybridized carbons (Fsp3) is 0.343. The third kappa shape index (κ3) is 7.78. The van der Waals surface area contributed by atoms with E-state index in [1.807, 2.05) is 107 Å². The summed E-state index contributed by atoms with van der Waals surface area (Å²) < 4.78 is 5.84. The highest BCUT2D eigenvalue weighted by molar-refractivity contribution is 5.99. The maximum atomic E-state index is 14.1. The van der Waals surface area contributed by atoms with Crippen LogP contribution in [0.3, 0.4) is 0 Å². The van der Waals surface area contributed by atoms with E-state index in [0.717, 1.165) is 22.0 Å². The van der Waals surface area contributed by atoms with Crippen molar-refractivity contribution in [3.05, 3.63) is 90.1 Å². The number of fused-ring (bicyclic) bond motifs is 1. The van der Waals surface area contributed by atoms with E-state index in [1.54, 1.807) is 9.80 Å². The van der Waals surface area contributed by atoms with Gasteiger partial charge in [-0.25, -0.2) is 9.59 Å². The van der Waals surface area contributed by atoms with Crippen molar-refractivity contribution in [3.63, 3.8) is 0 Å². The van der Waals surface area contributed by atoms with Crippen LogP contribution in [0, 0.1) is 0 Å². The van der Waals surface area contributed by atoms with Crippen LogP contribution in [0.15, 0.2) is 79.0 Å². The molecule has 5 amide bonds. The molecule has 11 heteroatoms. The fourth-order valence-corrected chi connectivity index (χ4v) is 5.76. The quantitative estimate of drug-likeness (QED) is 0.191. The summed E-state index contributed by atoms with van der Waals surface area (Å²) in [6.07, 6.45) is 1.90. The standard InChI is InChI=1S/C35H43N7O4/c1-5-46-31-16-15-25(23-40(3)4)21-30(31)38-33(43)32(24(2)28-22-36-29-14-10-9-13-27(28)29)39-35(45)42-19-17-41(18-20-42)34(44)37-26-11-7-6-8-12-26/h6-16,21-22,24,32,36H,5,17-20,23H2,1-4H3,(H,37,44)(H,38,43)(H,39,45)/t24-,32-/m1/s1. The fourth-order valence-electron chi connectivity index (χ4n) is 5.76. The number of piperazine rings is 1. The minimum absolute atomic E-state index is 0.210. The van der Waals surface area contributed by atoms with E-state index in [2.05, 4.69) is 25.8 Å². The van der Waals surface area contributed by atoms with Gasteiger partial charge < -0.3 is 40.4 Å². The summed E-state index contributed by atoms with van der Waals surface area (Å²) in [4.78, 5) is 49.3. The molecular formula is C35H43N7O4. The number of hydrogen-bond acceptors (Lipinski definition) is 5. The Kier molecular flexibility index (Phi) is 10.4. The highest BCUT2D eigenvalue weighted by Gasteiger charge is 2.33. The Hall–Kier alpha value is -5.03. The van der Waals surface area contributed by atoms with E-state index < -0.39 is 6.04 Å². The van der Waals surface area contributed by atoms with E-state index in [1.165, 1.54) is 0 Å². The Morgan fingerprint density at radius 3 is 2.26 bits per heavy atom. The Bertz CT molecular complexity index is 1650. The number of hydrogen-bond donors (Lipinski definition) is 4. The SMILES string of the molecule is CCOc1ccc(CN(C)C)cc1NC(=O)[C@H](NC(=O)N1CCN(C(=O)Nc2ccccc2)CC1)[C@H](C)c1c[nH]c2ccccc12. The van der Waals surface area contributed by atoms with Crippen LogP contribution in [0.2, 0.25) is 0 Å². The molecule has 1 saturated heterocycles. The molecule has 4 N–H and O–H groups in total. The van der Waals surface area contributed by atoms with Gasteiger partial charge in [-0.2, -0.15) is 0 Å². The molecule has 3 aromatic carbocycles. The first-order valence-corrected chi connectivity index (χ1v) is 15.7. The molecule has 0 aliphatic carbocycles. The van der Waals surface area contributed by atoms with Crippen molar-refractivity contribution in [2.45, 2.75) is 32.4 Å². The molecule has 2 heterocycles. The first kappa shape index (κ1) is 32.4. The molecule has 4 aromatic rings. The lowest BCUT2D eigenvalue weighted by atomic mass is 9.92. The Balaban J connectivity index is 1.34. The first-order valence-electron chi connectivity index (χ1n) is 15.7. The minimum atomic E-state index is -0.905. The summed E-state index contributed by atoms with van der Waals surface area (Å²) in [5.41, 5.74) is 4.16. The summed E-state index contributed by atoms with van der Waals surface area (Å²) in [6, 6.07) is 21.5. The number of rotatable bonds is 10. The van der Waals surface area contributed by atoms with Gasteiger partial charge in [0.1, 0.15) is 11.8 Å². The lowest BCUT2D eigenvalue weighted by Crippen LogP contribution is -2.57. The third-order valence-electron chi connectivity index (χ3n) is 8.15. The second-order valence-electron chi connectivity index (χ2n) is 11.8. The lowest BCUT2D eigenvalue weighted by Gasteiger charge is -2.36. The van der Waals surface area contributed by atoms with Gasteiger partial charge in [0.15, 0.2) is 0 Å². The molecule has 46 heavy (non-hydrogen) atoms. The molecule has 0 unspecified atom stereocenters. The molecule has 0 radical (unpaired) electrons. The van der Waals surface area contributed by atoms with E-state index in [9.17, 15) is 14.4 Å². The number of ether oxygens (including phenoxy) is 1. The second-order valence-corrected chi connectivity index (χ2v) is 11.8. The van der Waals surface area contributed by atoms with Crippen LogP contribution >= 0.6 is 0 Å². The molecule has 11 nitrogen and oxygen atoms in total. The Labute approximate surface area is 269 Å². The van der Waals surface area contributed by atoms with Crippen molar-refractivity contribution in [2.75, 3.05) is 57.5 Å². The van der Waals surface area contributed by atoms with Crippen LogP contribution in [0.1, 0.15) is 30.9 Å². The number of carbonyl (C=O) groups excluding carboxylic acids is 3. The van der Waals surface area contributed by atoms with E-state index in [4.69, 9.17) is 4.74 Å². The van der Waals surface area contributed by atoms with Crippen molar-refractivity contribution in [1.82, 2.24) is 25.0 Å². The molecule has 1 aliphatic heterocycles. The van der Waals surface area contributed by atoms with Gasteiger partial charge in [-0.05, 0) is 62.5 Å². The Morgan fingerprint density at radius 1 is 0.891 bits per heavy atom. The molecule has 1 aromatic heterocycles. The molecular weight excluding hydrogens is 582 g/mol. The van der Waals surface area contributed by atoms with Crippen molar-refractivity contribution in [1.29, 1.82) is 0 Å². The smallest absolute Gasteiger partial charge is 0.321 e. The minimum Gasteiger partial charge on any atom is -0.492 e. The zero-order chi connectivity index (χ0) is 32.6. The number of para-hydroxylation sites is 2. The maximum absolute atomic E-state index is 14.1. The van der Waals surface area contributed by atoms with Crippen LogP contribution in [-0.2, 0) is 11.3 Å². The zero-order valence-corrected chi connectivity index (χ0v) is 26.9. The number of urea groups is 2. The number of carbonyl (C=O) groups is 3. The first-order chi connectivity index (χ1) is 22.2. The third-order valence-corrected chi connectivity index (χ3v) is 8.15. The number of amides is 5. The molecule has 0 bridgehead atoms. The van der Waals surface area contributed by atoms with Crippen molar-refractivity contribution in [2.24, 2.45) is 0 Å². The number of benzene rings is 3. The van der Waals surface area contributed by atoms with Crippen LogP contribution in [0.4, 0.5) is 21.0 Å². The zero-order valence-electron chi connectivity index (χ0n) is 26.9. The lowest BCUT2D eigenvalue weighted by molar-refractivity contribution is -0.118. The highest BCUT2D eigenvalue weighted by atomic mass is 16.5. The average Bonchev–Trinajstić information content (AvgIpc) is 3.49. The summed E-state index contributed by atoms with van der Waals surface area (Å²) in [7, 11) is 3.97. The normalized spacial score (nSPS) is 14.5. The molecule has 242 valence electrons. The van der Waals surface area contributed by atoms with Gasteiger partial charge in [-0.1, -0.05) is 49.4 Å². The monoisotopic (exact) mass is 625 g/mol. The van der Waals surface area contributed by atoms with E-state index in [0.29, 0.717) is 56.5 Å². The van der Waals surface area contributed by atoms with Gasteiger partial charge in [0.05, 0.1) is 12.3 Å². The number of anilines is 2. The van der Waals surface area contributed by atoms with Gasteiger partial charge in [0, 0.05) is 61.4 Å². The predicted molar refractivity (Wildman–Crippen MR) is 181 cm³/mol. The van der Waals surface area contributed by atoms with E-state index >= 15 is 0 Å². The van der Waals surface area contributed by atoms with Crippen LogP contribution < -0.4 is 20.7 Å². The molecule has 1 aliphatic rings. The van der Waals surface area contributed by atoms with Crippen molar-refractivity contribution < 1.29 is 19.1 Å². The molecule has 1 fully saturated rings. The van der Waals surface area contributed by atoms with Gasteiger partial charge in [-0.15, -0.1) is 0 Å². The highest BCUT2D eigenvalue weighted by Crippen LogP contribution is 2.31. The largest absolute Gasteiger partial charge is 0.492 e. The van der Waals surface area contributed by atoms with Gasteiger partial charge in [-0.3, -0.25) is 4.79 Å². The van der Waals surface area contributed by atoms with Crippen LogP contribution in [0.5, 0.6) is 5.75 Å². The van der Waals surface area contributed by atoms with E-state index in [-0.39, 0.29) is 23.9 Å². The number of H-pyrrole nitrogens is 1. The Morgan fingerprint density at radius 2 is 1.57 bits per heavy atom. The second kappa shape index (κ2) is 14.8. The van der Waals surface area contributed by atoms with Crippen LogP contribution in [-0.4, -0.2) is 90.6 Å². The van der Waals surface area contributed by atoms with Crippen molar-refractivity contribution >= 4 is 40.2 Å². The average molecular weight is 626 g/mol. The number of aromatic nitrogens is 1. The summed E-state index contributed by atoms with van der Waals surface area (Å²) >= 11 is 0. The number of nitrogens with zero attached hydrogens (tertiary/aromatic N) is 3. The summed E-state index contributed by atoms with van der Waals surface area (Å²) in [5, 5.41) is 9.99. The predicted octanol–water partition coefficient (Wildman–Crippen LogP) is 5.30. The molecule has 0 spiro atoms. The van der Waals surface area contributed by atoms with Gasteiger partial charge in [0.25, 0.3) is 0 Å². The topological polar surface area (TPSA) is 122 Å². The summed E-state index contributed by atoms with van der Waals surface area (Å²) in [5.74, 6) is -0.165. The van der Waals surface area contributed by atoms with Crippen molar-refractivity contribution in [3.8, 4) is 5.75 Å². The van der Waals surface area contributed by atoms with Gasteiger partial charge in [0.2, 0.25) is 5.91 Å². The maximum Gasteiger partial charge on any atom is 0.321 e. The summed E-state index contributed by atoms with van der Waals surface area (Å²) in [6.45, 7) is 6.39. The number of nitrogens with one attached hydrogen (secondary N) is 4. The number of aromatic amines is 1. The molecule has 0 saturated carbocycles. The van der Waals surface area contributed by atoms with Crippen LogP contribution in [0.25, 0.3) is 10.9 Å². The van der Waals surface area contributed by atoms with Gasteiger partial charge >= 0.3 is 12.1 Å². The molecule has 5 rings (SSSR count). The molecule has 2 atom stereocenters.